The first-order chi connectivity index (χ1) is 60.4. The molecular weight excluding hydrogens is 1410 g/mol. The van der Waals surface area contributed by atoms with Crippen molar-refractivity contribution in [1.29, 1.82) is 0 Å². The number of piperidine rings is 2. The quantitative estimate of drug-likeness (QED) is 0.0428. The van der Waals surface area contributed by atoms with Gasteiger partial charge in [-0.15, -0.1) is 23.5 Å². The summed E-state index contributed by atoms with van der Waals surface area (Å²) in [4.78, 5) is 61.4. The van der Waals surface area contributed by atoms with Gasteiger partial charge < -0.3 is 38.2 Å². The van der Waals surface area contributed by atoms with Crippen LogP contribution in [-0.4, -0.2) is 119 Å². The van der Waals surface area contributed by atoms with Crippen molar-refractivity contribution in [3.05, 3.63) is 270 Å². The van der Waals surface area contributed by atoms with E-state index in [1.165, 1.54) is 42.2 Å². The zero-order valence-corrected chi connectivity index (χ0v) is 57.4. The van der Waals surface area contributed by atoms with Crippen LogP contribution in [0.2, 0.25) is 0 Å². The Morgan fingerprint density at radius 1 is 0.533 bits per heavy atom. The monoisotopic (exact) mass is 1510 g/mol. The average molecular weight is 1510 g/mol. The molecule has 24 heteroatoms. The Balaban J connectivity index is 0.000000261. The van der Waals surface area contributed by atoms with E-state index in [2.05, 4.69) is 0 Å². The number of carbonyl (C=O) groups is 2. The molecule has 0 saturated carbocycles. The van der Waals surface area contributed by atoms with Gasteiger partial charge >= 0.3 is 12.4 Å². The van der Waals surface area contributed by atoms with Crippen LogP contribution < -0.4 is 10.9 Å². The third-order valence-corrected chi connectivity index (χ3v) is 19.0. The number of alkyl halides is 6. The van der Waals surface area contributed by atoms with E-state index in [1.807, 2.05) is 0 Å². The molecule has 4 heterocycles. The fourth-order valence-electron chi connectivity index (χ4n) is 11.5. The van der Waals surface area contributed by atoms with Gasteiger partial charge in [-0.1, -0.05) is 121 Å². The molecule has 2 aromatic heterocycles. The smallest absolute Gasteiger partial charge is 0.383 e. The van der Waals surface area contributed by atoms with Crippen molar-refractivity contribution in [1.82, 2.24) is 28.7 Å². The molecule has 2 fully saturated rings. The van der Waals surface area contributed by atoms with Gasteiger partial charge in [0, 0.05) is 130 Å². The number of fused-ring (bicyclic) bond motifs is 2. The van der Waals surface area contributed by atoms with Crippen LogP contribution in [0.3, 0.4) is 0 Å². The van der Waals surface area contributed by atoms with Crippen LogP contribution in [-0.2, 0) is 69.1 Å². The highest BCUT2D eigenvalue weighted by Gasteiger charge is 2.34. The van der Waals surface area contributed by atoms with Gasteiger partial charge in [0.2, 0.25) is 11.8 Å². The Morgan fingerprint density at radius 3 is 1.69 bits per heavy atom. The normalized spacial score (nSPS) is 18.3. The van der Waals surface area contributed by atoms with Crippen molar-refractivity contribution >= 4 is 57.1 Å². The van der Waals surface area contributed by atoms with E-state index in [9.17, 15) is 56.6 Å². The van der Waals surface area contributed by atoms with E-state index in [4.69, 9.17) is 41.0 Å². The van der Waals surface area contributed by atoms with Gasteiger partial charge in [-0.05, 0) is 127 Å². The summed E-state index contributed by atoms with van der Waals surface area (Å²) in [5.74, 6) is -8.39. The molecule has 0 radical (unpaired) electrons. The zero-order valence-electron chi connectivity index (χ0n) is 80.8. The van der Waals surface area contributed by atoms with Crippen molar-refractivity contribution < 1.29 is 97.2 Å². The number of likely N-dealkylation sites (tertiary alicyclic amines) is 2. The van der Waals surface area contributed by atoms with Gasteiger partial charge in [0.1, 0.15) is 13.1 Å². The van der Waals surface area contributed by atoms with E-state index in [0.29, 0.717) is 54.9 Å². The highest BCUT2D eigenvalue weighted by molar-refractivity contribution is 7.98. The van der Waals surface area contributed by atoms with Crippen LogP contribution in [0.5, 0.6) is 0 Å². The third-order valence-electron chi connectivity index (χ3n) is 16.9. The van der Waals surface area contributed by atoms with Crippen LogP contribution in [0.15, 0.2) is 207 Å². The summed E-state index contributed by atoms with van der Waals surface area (Å²) >= 11 is 1.34. The molecule has 8 aromatic carbocycles. The Kier molecular flexibility index (Phi) is 16.8. The molecule has 10 aromatic rings. The van der Waals surface area contributed by atoms with Crippen molar-refractivity contribution in [2.45, 2.75) is 105 Å². The zero-order chi connectivity index (χ0) is 96.5. The molecule has 2 saturated heterocycles. The van der Waals surface area contributed by atoms with Gasteiger partial charge in [0.15, 0.2) is 34.1 Å². The number of para-hydroxylation sites is 1. The second kappa shape index (κ2) is 34.9. The van der Waals surface area contributed by atoms with E-state index in [-0.39, 0.29) is 66.2 Å². The molecule has 2 aliphatic heterocycles. The summed E-state index contributed by atoms with van der Waals surface area (Å²) < 4.78 is 365. The predicted molar refractivity (Wildman–Crippen MR) is 391 cm³/mol. The number of nitrogens with zero attached hydrogens (tertiary/aromatic N) is 6. The van der Waals surface area contributed by atoms with Gasteiger partial charge in [0.05, 0.1) is 74.1 Å². The molecule has 105 heavy (non-hydrogen) atoms. The maximum Gasteiger partial charge on any atom is 0.416 e. The second-order valence-corrected chi connectivity index (χ2v) is 25.7. The van der Waals surface area contributed by atoms with Gasteiger partial charge in [0.25, 0.3) is 0 Å². The number of pyridine rings is 2. The maximum absolute atomic E-state index is 15.3. The van der Waals surface area contributed by atoms with Crippen molar-refractivity contribution in [2.75, 3.05) is 66.5 Å². The lowest BCUT2D eigenvalue weighted by Gasteiger charge is -2.39. The van der Waals surface area contributed by atoms with Gasteiger partial charge in [-0.3, -0.25) is 19.2 Å². The first-order valence-corrected chi connectivity index (χ1v) is 34.1. The molecule has 0 aliphatic carbocycles. The summed E-state index contributed by atoms with van der Waals surface area (Å²) in [6.07, 6.45) is -10.3. The molecule has 2 amide bonds. The number of aromatic nitrogens is 2. The molecule has 550 valence electrons. The van der Waals surface area contributed by atoms with Crippen LogP contribution in [0.25, 0.3) is 44.1 Å². The van der Waals surface area contributed by atoms with Crippen molar-refractivity contribution in [3.63, 3.8) is 0 Å². The van der Waals surface area contributed by atoms with Crippen LogP contribution in [0.4, 0.5) is 43.9 Å². The Hall–Kier alpha value is -9.04. The standard InChI is InChI=1S/C41H40F5N3O3S.C40H38F5N3O3S/c1-27-6-15-36-34(22-27)37(50)23-39(53-26-31-4-3-5-35(42)40(31)43)49(36)25-38(51)48(33-16-18-47(19-17-33)20-21-52-2)24-28-7-9-29(10-8-28)30-11-13-32(14-12-30)41(44,45)46;1-51-22-21-46-19-17-32(18-20-46)47(24-27-9-11-28(12-10-27)29-13-15-31(16-14-29)40(43,44)45)37(50)25-48-35-8-3-2-6-33(35)36(49)23-38(48)52-26-30-5-4-7-34(41)39(30)42/h3-15,22-23,33H,16-21,24-26H2,1-2H3;2-16,23,32H,17-22,24-26H2,1H3/i3D,4D,5D,6D,7D,8D,9D,10D,11D,12D,13D,14D,15D,20D2,21D2,22D,23D,24D2;21D2,22D2. The van der Waals surface area contributed by atoms with E-state index >= 15 is 9.18 Å². The summed E-state index contributed by atoms with van der Waals surface area (Å²) in [6.45, 7) is -15.6. The molecular formula is C81H78F10N6O6S2. The SMILES string of the molecule is [2H]C([2H])(OC)C([2H])([2H])N1CCC(N(Cc2ccc(-c3ccc(C(F)(F)F)cc3)cc2)C(=O)Cn2c(SCc3cccc(F)c3F)cc(=O)c3ccccc32)CC1.[2H]c1c([2H])c(F)c(F)c(CSc2c([2H])c(=O)c3c([2H])c(C)c([2H])c([2H])c3n2CC(=O)N(C2CCN(C([2H])([2H])C([2H])([2H])OC)CC2)C([2H])([2H])c2c([2H])c([2H])c(-c3c([2H])c([2H])c(C(F)(F)F)c([2H])c3[2H])c([2H])c2[2H])c1[2H]. The first-order valence-electron chi connectivity index (χ1n) is 44.6. The lowest BCUT2D eigenvalue weighted by atomic mass is 10.00. The summed E-state index contributed by atoms with van der Waals surface area (Å²) in [7, 11) is 1.98. The molecule has 0 bridgehead atoms. The van der Waals surface area contributed by atoms with Crippen LogP contribution in [0, 0.1) is 30.2 Å². The topological polar surface area (TPSA) is 110 Å². The van der Waals surface area contributed by atoms with E-state index < -0.39 is 270 Å². The lowest BCUT2D eigenvalue weighted by Crippen LogP contribution is -2.48. The molecule has 0 N–H and O–H groups in total. The van der Waals surface area contributed by atoms with Crippen LogP contribution >= 0.6 is 23.5 Å². The summed E-state index contributed by atoms with van der Waals surface area (Å²) in [6, 6.07) is 3.67. The summed E-state index contributed by atoms with van der Waals surface area (Å²) in [5, 5.41) is -0.712. The van der Waals surface area contributed by atoms with E-state index in [1.54, 1.807) is 58.0 Å². The Bertz CT molecular complexity index is 6140. The molecule has 0 unspecified atom stereocenters. The minimum atomic E-state index is -5.43. The number of hydrogen-bond donors (Lipinski definition) is 0. The minimum Gasteiger partial charge on any atom is -0.383 e. The fourth-order valence-corrected chi connectivity index (χ4v) is 13.5. The van der Waals surface area contributed by atoms with E-state index in [0.717, 1.165) is 49.1 Å². The minimum absolute atomic E-state index is 0.0278. The molecule has 12 nitrogen and oxygen atoms in total. The van der Waals surface area contributed by atoms with Crippen LogP contribution in [0.1, 0.15) is 98.9 Å². The number of ether oxygens (including phenoxy) is 2. The highest BCUT2D eigenvalue weighted by atomic mass is 32.2. The fraction of sp³-hybridized carbons (Fsp3) is 0.309. The maximum atomic E-state index is 15.3. The molecule has 0 atom stereocenters. The number of amides is 2. The highest BCUT2D eigenvalue weighted by Crippen LogP contribution is 2.36. The van der Waals surface area contributed by atoms with Gasteiger partial charge in [-0.25, -0.2) is 17.6 Å². The number of hydrogen-bond acceptors (Lipinski definition) is 10. The molecule has 12 rings (SSSR count). The predicted octanol–water partition coefficient (Wildman–Crippen LogP) is 17.1. The number of rotatable bonds is 24. The number of carbonyl (C=O) groups excluding carboxylic acids is 2. The third kappa shape index (κ3) is 19.5. The lowest BCUT2D eigenvalue weighted by molar-refractivity contribution is -0.138. The Morgan fingerprint density at radius 2 is 1.08 bits per heavy atom. The van der Waals surface area contributed by atoms with Crippen molar-refractivity contribution in [2.24, 2.45) is 0 Å². The van der Waals surface area contributed by atoms with Crippen molar-refractivity contribution in [3.8, 4) is 22.3 Å². The number of thioether (sulfide) groups is 2. The largest absolute Gasteiger partial charge is 0.416 e. The Labute approximate surface area is 645 Å². The average Bonchev–Trinajstić information content (AvgIpc) is 0.724. The molecule has 2 aliphatic rings. The number of methoxy groups -OCH3 is 2. The molecule has 0 spiro atoms. The first kappa shape index (κ1) is 50.5. The van der Waals surface area contributed by atoms with Gasteiger partial charge in [-0.2, -0.15) is 26.3 Å². The summed E-state index contributed by atoms with van der Waals surface area (Å²) in [5.41, 5.74) is -7.21. The number of benzene rings is 8. The second-order valence-electron chi connectivity index (χ2n) is 23.7. The number of halogens is 10.